The molecule has 0 aromatic rings. The third-order valence-corrected chi connectivity index (χ3v) is 3.33. The highest BCUT2D eigenvalue weighted by Crippen LogP contribution is 2.10. The van der Waals surface area contributed by atoms with Crippen LogP contribution in [-0.2, 0) is 0 Å². The first kappa shape index (κ1) is 10.7. The van der Waals surface area contributed by atoms with Crippen molar-refractivity contribution >= 4 is 6.03 Å². The molecule has 2 aliphatic rings. The van der Waals surface area contributed by atoms with Gasteiger partial charge in [0.2, 0.25) is 0 Å². The largest absolute Gasteiger partial charge is 0.338 e. The average molecular weight is 211 g/mol. The number of likely N-dealkylation sites (tertiary alicyclic amines) is 1. The summed E-state index contributed by atoms with van der Waals surface area (Å²) < 4.78 is 0. The second-order valence-corrected chi connectivity index (χ2v) is 4.59. The smallest absolute Gasteiger partial charge is 0.317 e. The zero-order chi connectivity index (χ0) is 10.5. The number of carbonyl (C=O) groups excluding carboxylic acids is 1. The van der Waals surface area contributed by atoms with Gasteiger partial charge in [-0.3, -0.25) is 0 Å². The minimum absolute atomic E-state index is 0.137. The van der Waals surface area contributed by atoms with Crippen LogP contribution in [0.25, 0.3) is 0 Å². The number of carbonyl (C=O) groups is 1. The van der Waals surface area contributed by atoms with Crippen molar-refractivity contribution < 1.29 is 4.79 Å². The van der Waals surface area contributed by atoms with Crippen molar-refractivity contribution in [1.29, 1.82) is 0 Å². The topological polar surface area (TPSA) is 44.4 Å². The summed E-state index contributed by atoms with van der Waals surface area (Å²) in [6.45, 7) is 4.91. The highest BCUT2D eigenvalue weighted by molar-refractivity contribution is 5.74. The molecule has 0 aliphatic carbocycles. The van der Waals surface area contributed by atoms with Crippen LogP contribution >= 0.6 is 0 Å². The van der Waals surface area contributed by atoms with Crippen molar-refractivity contribution in [3.8, 4) is 0 Å². The molecule has 0 aromatic carbocycles. The Morgan fingerprint density at radius 1 is 1.33 bits per heavy atom. The molecule has 0 aromatic heterocycles. The third-order valence-electron chi connectivity index (χ3n) is 3.33. The number of hydrogen-bond donors (Lipinski definition) is 2. The van der Waals surface area contributed by atoms with Crippen molar-refractivity contribution in [2.24, 2.45) is 5.92 Å². The number of urea groups is 1. The Kier molecular flexibility index (Phi) is 3.83. The van der Waals surface area contributed by atoms with Crippen molar-refractivity contribution in [2.75, 3.05) is 32.7 Å². The standard InChI is InChI=1S/C11H21N3O/c15-11(14-6-1-2-7-14)13-9-10-4-3-5-12-8-10/h10,12H,1-9H2,(H,13,15). The van der Waals surface area contributed by atoms with Gasteiger partial charge in [-0.2, -0.15) is 0 Å². The summed E-state index contributed by atoms with van der Waals surface area (Å²) in [6.07, 6.45) is 4.81. The molecule has 2 amide bonds. The van der Waals surface area contributed by atoms with Gasteiger partial charge in [0.05, 0.1) is 0 Å². The minimum atomic E-state index is 0.137. The molecule has 1 atom stereocenters. The molecule has 2 heterocycles. The number of nitrogens with one attached hydrogen (secondary N) is 2. The van der Waals surface area contributed by atoms with Gasteiger partial charge in [-0.25, -0.2) is 4.79 Å². The highest BCUT2D eigenvalue weighted by atomic mass is 16.2. The molecule has 2 N–H and O–H groups in total. The number of hydrogen-bond acceptors (Lipinski definition) is 2. The quantitative estimate of drug-likeness (QED) is 0.709. The first-order valence-corrected chi connectivity index (χ1v) is 6.10. The molecule has 0 saturated carbocycles. The first-order chi connectivity index (χ1) is 7.36. The van der Waals surface area contributed by atoms with E-state index in [9.17, 15) is 4.79 Å². The molecule has 4 nitrogen and oxygen atoms in total. The molecule has 2 saturated heterocycles. The van der Waals surface area contributed by atoms with E-state index in [0.717, 1.165) is 32.7 Å². The Labute approximate surface area is 91.4 Å². The van der Waals surface area contributed by atoms with E-state index in [1.807, 2.05) is 4.90 Å². The van der Waals surface area contributed by atoms with Crippen molar-refractivity contribution in [3.05, 3.63) is 0 Å². The van der Waals surface area contributed by atoms with Crippen molar-refractivity contribution in [3.63, 3.8) is 0 Å². The Bertz CT molecular complexity index is 208. The zero-order valence-corrected chi connectivity index (χ0v) is 9.30. The van der Waals surface area contributed by atoms with E-state index in [-0.39, 0.29) is 6.03 Å². The molecule has 2 aliphatic heterocycles. The molecule has 0 bridgehead atoms. The third kappa shape index (κ3) is 3.09. The lowest BCUT2D eigenvalue weighted by molar-refractivity contribution is 0.205. The lowest BCUT2D eigenvalue weighted by atomic mass is 10.00. The summed E-state index contributed by atoms with van der Waals surface area (Å²) in [5, 5.41) is 6.40. The Hall–Kier alpha value is -0.770. The molecule has 4 heteroatoms. The Morgan fingerprint density at radius 2 is 2.13 bits per heavy atom. The van der Waals surface area contributed by atoms with Crippen molar-refractivity contribution in [1.82, 2.24) is 15.5 Å². The van der Waals surface area contributed by atoms with Crippen LogP contribution in [0, 0.1) is 5.92 Å². The van der Waals surface area contributed by atoms with E-state index >= 15 is 0 Å². The minimum Gasteiger partial charge on any atom is -0.338 e. The first-order valence-electron chi connectivity index (χ1n) is 6.10. The second kappa shape index (κ2) is 5.35. The summed E-state index contributed by atoms with van der Waals surface area (Å²) in [7, 11) is 0. The fourth-order valence-electron chi connectivity index (χ4n) is 2.36. The van der Waals surface area contributed by atoms with E-state index in [4.69, 9.17) is 0 Å². The van der Waals surface area contributed by atoms with Gasteiger partial charge in [-0.1, -0.05) is 0 Å². The van der Waals surface area contributed by atoms with E-state index in [2.05, 4.69) is 10.6 Å². The normalized spacial score (nSPS) is 26.7. The molecule has 86 valence electrons. The predicted molar refractivity (Wildman–Crippen MR) is 59.8 cm³/mol. The van der Waals surface area contributed by atoms with Crippen LogP contribution in [0.3, 0.4) is 0 Å². The van der Waals surface area contributed by atoms with E-state index in [1.165, 1.54) is 25.7 Å². The lowest BCUT2D eigenvalue weighted by Crippen LogP contribution is -2.43. The summed E-state index contributed by atoms with van der Waals surface area (Å²) >= 11 is 0. The zero-order valence-electron chi connectivity index (χ0n) is 9.30. The summed E-state index contributed by atoms with van der Waals surface area (Å²) in [5.74, 6) is 0.630. The maximum Gasteiger partial charge on any atom is 0.317 e. The van der Waals surface area contributed by atoms with Crippen LogP contribution in [-0.4, -0.2) is 43.7 Å². The second-order valence-electron chi connectivity index (χ2n) is 4.59. The molecule has 15 heavy (non-hydrogen) atoms. The van der Waals surface area contributed by atoms with E-state index < -0.39 is 0 Å². The summed E-state index contributed by atoms with van der Waals surface area (Å²) in [6, 6.07) is 0.137. The van der Waals surface area contributed by atoms with Gasteiger partial charge in [0.25, 0.3) is 0 Å². The molecule has 2 rings (SSSR count). The summed E-state index contributed by atoms with van der Waals surface area (Å²) in [5.41, 5.74) is 0. The fraction of sp³-hybridized carbons (Fsp3) is 0.909. The Balaban J connectivity index is 1.65. The number of nitrogens with zero attached hydrogens (tertiary/aromatic N) is 1. The van der Waals surface area contributed by atoms with Crippen LogP contribution in [0.4, 0.5) is 4.79 Å². The van der Waals surface area contributed by atoms with Crippen LogP contribution in [0.2, 0.25) is 0 Å². The predicted octanol–water partition coefficient (Wildman–Crippen LogP) is 0.791. The number of amides is 2. The summed E-state index contributed by atoms with van der Waals surface area (Å²) in [4.78, 5) is 13.6. The van der Waals surface area contributed by atoms with Crippen LogP contribution in [0.5, 0.6) is 0 Å². The monoisotopic (exact) mass is 211 g/mol. The van der Waals surface area contributed by atoms with E-state index in [0.29, 0.717) is 5.92 Å². The van der Waals surface area contributed by atoms with Crippen molar-refractivity contribution in [2.45, 2.75) is 25.7 Å². The van der Waals surface area contributed by atoms with Gasteiger partial charge in [-0.15, -0.1) is 0 Å². The number of rotatable bonds is 2. The van der Waals surface area contributed by atoms with Crippen LogP contribution in [0.1, 0.15) is 25.7 Å². The fourth-order valence-corrected chi connectivity index (χ4v) is 2.36. The maximum absolute atomic E-state index is 11.7. The van der Waals surface area contributed by atoms with Gasteiger partial charge < -0.3 is 15.5 Å². The molecule has 0 spiro atoms. The van der Waals surface area contributed by atoms with Gasteiger partial charge >= 0.3 is 6.03 Å². The SMILES string of the molecule is O=C(NCC1CCCNC1)N1CCCC1. The molecular formula is C11H21N3O. The maximum atomic E-state index is 11.7. The van der Waals surface area contributed by atoms with Gasteiger partial charge in [0, 0.05) is 19.6 Å². The van der Waals surface area contributed by atoms with Gasteiger partial charge in [-0.05, 0) is 44.7 Å². The molecular weight excluding hydrogens is 190 g/mol. The Morgan fingerprint density at radius 3 is 2.80 bits per heavy atom. The van der Waals surface area contributed by atoms with Crippen LogP contribution in [0.15, 0.2) is 0 Å². The van der Waals surface area contributed by atoms with E-state index in [1.54, 1.807) is 0 Å². The highest BCUT2D eigenvalue weighted by Gasteiger charge is 2.19. The van der Waals surface area contributed by atoms with Crippen LogP contribution < -0.4 is 10.6 Å². The molecule has 1 unspecified atom stereocenters. The van der Waals surface area contributed by atoms with Gasteiger partial charge in [0.1, 0.15) is 0 Å². The molecule has 2 fully saturated rings. The lowest BCUT2D eigenvalue weighted by Gasteiger charge is -2.24. The van der Waals surface area contributed by atoms with Gasteiger partial charge in [0.15, 0.2) is 0 Å². The number of piperidine rings is 1. The average Bonchev–Trinajstić information content (AvgIpc) is 2.81. The molecule has 0 radical (unpaired) electrons.